The van der Waals surface area contributed by atoms with E-state index in [0.29, 0.717) is 17.2 Å². The second kappa shape index (κ2) is 7.34. The van der Waals surface area contributed by atoms with Gasteiger partial charge in [0, 0.05) is 32.9 Å². The van der Waals surface area contributed by atoms with Crippen molar-refractivity contribution in [2.24, 2.45) is 14.1 Å². The van der Waals surface area contributed by atoms with Gasteiger partial charge in [-0.3, -0.25) is 18.7 Å². The highest BCUT2D eigenvalue weighted by Gasteiger charge is 2.21. The molecule has 0 radical (unpaired) electrons. The first-order valence-corrected chi connectivity index (χ1v) is 7.74. The quantitative estimate of drug-likeness (QED) is 0.721. The Kier molecular flexibility index (Phi) is 5.39. The summed E-state index contributed by atoms with van der Waals surface area (Å²) < 4.78 is 12.4. The number of ketones is 1. The average molecular weight is 362 g/mol. The Hall–Kier alpha value is -3.23. The second-order valence-corrected chi connectivity index (χ2v) is 5.78. The van der Waals surface area contributed by atoms with E-state index in [0.717, 1.165) is 9.13 Å². The van der Waals surface area contributed by atoms with Crippen LogP contribution in [-0.4, -0.2) is 42.7 Å². The number of Topliss-reactive ketones (excluding diaryl/α,β-unsaturated/α-hetero) is 1. The molecule has 0 saturated heterocycles. The summed E-state index contributed by atoms with van der Waals surface area (Å²) in [4.78, 5) is 38.5. The molecule has 2 rings (SSSR count). The molecule has 9 nitrogen and oxygen atoms in total. The Morgan fingerprint density at radius 2 is 1.73 bits per heavy atom. The third kappa shape index (κ3) is 3.28. The Morgan fingerprint density at radius 3 is 2.31 bits per heavy atom. The summed E-state index contributed by atoms with van der Waals surface area (Å²) in [6.45, 7) is -0.104. The maximum atomic E-state index is 12.7. The Labute approximate surface area is 150 Å². The van der Waals surface area contributed by atoms with E-state index in [9.17, 15) is 14.4 Å². The van der Waals surface area contributed by atoms with Crippen LogP contribution in [0.5, 0.6) is 11.5 Å². The number of carbonyl (C=O) groups excluding carboxylic acids is 1. The summed E-state index contributed by atoms with van der Waals surface area (Å²) in [6.07, 6.45) is 0. The molecule has 0 bridgehead atoms. The van der Waals surface area contributed by atoms with E-state index in [4.69, 9.17) is 15.2 Å². The molecule has 0 spiro atoms. The van der Waals surface area contributed by atoms with Crippen LogP contribution in [0.2, 0.25) is 0 Å². The number of nitrogens with zero attached hydrogens (tertiary/aromatic N) is 3. The zero-order valence-corrected chi connectivity index (χ0v) is 15.4. The molecule has 26 heavy (non-hydrogen) atoms. The first kappa shape index (κ1) is 19.1. The van der Waals surface area contributed by atoms with E-state index in [1.165, 1.54) is 28.3 Å². The first-order valence-electron chi connectivity index (χ1n) is 7.74. The van der Waals surface area contributed by atoms with Gasteiger partial charge in [0.05, 0.1) is 20.8 Å². The van der Waals surface area contributed by atoms with Gasteiger partial charge >= 0.3 is 5.69 Å². The SMILES string of the molecule is COc1ccc(N(C)CC(=O)c2c(N)n(C)c(=O)n(C)c2=O)cc1OC. The van der Waals surface area contributed by atoms with Gasteiger partial charge in [0.1, 0.15) is 11.4 Å². The molecule has 0 saturated carbocycles. The first-order chi connectivity index (χ1) is 12.2. The zero-order chi connectivity index (χ0) is 19.6. The number of likely N-dealkylation sites (N-methyl/N-ethyl adjacent to an activating group) is 1. The van der Waals surface area contributed by atoms with Gasteiger partial charge in [-0.25, -0.2) is 4.79 Å². The third-order valence-electron chi connectivity index (χ3n) is 4.18. The number of nitrogen functional groups attached to an aromatic ring is 1. The third-order valence-corrected chi connectivity index (χ3v) is 4.18. The number of nitrogens with two attached hydrogens (primary N) is 1. The highest BCUT2D eigenvalue weighted by Crippen LogP contribution is 2.31. The summed E-state index contributed by atoms with van der Waals surface area (Å²) >= 11 is 0. The van der Waals surface area contributed by atoms with Crippen LogP contribution >= 0.6 is 0 Å². The fourth-order valence-corrected chi connectivity index (χ4v) is 2.57. The lowest BCUT2D eigenvalue weighted by atomic mass is 10.1. The maximum absolute atomic E-state index is 12.7. The van der Waals surface area contributed by atoms with Crippen molar-refractivity contribution in [3.8, 4) is 11.5 Å². The van der Waals surface area contributed by atoms with E-state index in [1.54, 1.807) is 30.1 Å². The minimum Gasteiger partial charge on any atom is -0.493 e. The molecule has 140 valence electrons. The van der Waals surface area contributed by atoms with Crippen LogP contribution in [0, 0.1) is 0 Å². The van der Waals surface area contributed by atoms with Crippen molar-refractivity contribution in [3.05, 3.63) is 44.6 Å². The van der Waals surface area contributed by atoms with Crippen molar-refractivity contribution in [2.45, 2.75) is 0 Å². The molecular weight excluding hydrogens is 340 g/mol. The molecule has 1 heterocycles. The minimum atomic E-state index is -0.712. The fourth-order valence-electron chi connectivity index (χ4n) is 2.57. The zero-order valence-electron chi connectivity index (χ0n) is 15.4. The van der Waals surface area contributed by atoms with Gasteiger partial charge in [-0.2, -0.15) is 0 Å². The summed E-state index contributed by atoms with van der Waals surface area (Å²) in [5, 5.41) is 0. The number of aromatic nitrogens is 2. The lowest BCUT2D eigenvalue weighted by Gasteiger charge is -2.20. The summed E-state index contributed by atoms with van der Waals surface area (Å²) in [5.41, 5.74) is 5.01. The van der Waals surface area contributed by atoms with Crippen molar-refractivity contribution < 1.29 is 14.3 Å². The Balaban J connectivity index is 2.37. The van der Waals surface area contributed by atoms with Crippen LogP contribution in [0.4, 0.5) is 11.5 Å². The van der Waals surface area contributed by atoms with Gasteiger partial charge in [-0.15, -0.1) is 0 Å². The Bertz CT molecular complexity index is 961. The highest BCUT2D eigenvalue weighted by molar-refractivity contribution is 6.02. The van der Waals surface area contributed by atoms with E-state index in [1.807, 2.05) is 0 Å². The predicted molar refractivity (Wildman–Crippen MR) is 98.5 cm³/mol. The molecule has 9 heteroatoms. The van der Waals surface area contributed by atoms with Gasteiger partial charge in [-0.05, 0) is 12.1 Å². The molecule has 2 aromatic rings. The number of rotatable bonds is 6. The standard InChI is InChI=1S/C17H22N4O5/c1-19(10-6-7-12(25-4)13(8-10)26-5)9-11(22)14-15(18)20(2)17(24)21(3)16(14)23/h6-8H,9,18H2,1-5H3. The van der Waals surface area contributed by atoms with Crippen LogP contribution < -0.4 is 31.4 Å². The molecule has 0 unspecified atom stereocenters. The van der Waals surface area contributed by atoms with Gasteiger partial charge in [0.15, 0.2) is 17.3 Å². The number of hydrogen-bond donors (Lipinski definition) is 1. The topological polar surface area (TPSA) is 109 Å². The monoisotopic (exact) mass is 362 g/mol. The number of carbonyl (C=O) groups is 1. The number of hydrogen-bond acceptors (Lipinski definition) is 7. The summed E-state index contributed by atoms with van der Waals surface area (Å²) in [6, 6.07) is 5.19. The van der Waals surface area contributed by atoms with E-state index >= 15 is 0 Å². The van der Waals surface area contributed by atoms with Crippen molar-refractivity contribution >= 4 is 17.3 Å². The molecule has 0 atom stereocenters. The number of methoxy groups -OCH3 is 2. The average Bonchev–Trinajstić information content (AvgIpc) is 2.64. The normalized spacial score (nSPS) is 10.5. The minimum absolute atomic E-state index is 0.104. The fraction of sp³-hybridized carbons (Fsp3) is 0.353. The molecular formula is C17H22N4O5. The van der Waals surface area contributed by atoms with Crippen LogP contribution in [0.25, 0.3) is 0 Å². The van der Waals surface area contributed by atoms with E-state index in [2.05, 4.69) is 0 Å². The molecule has 2 N–H and O–H groups in total. The summed E-state index contributed by atoms with van der Waals surface area (Å²) in [5.74, 6) is 0.439. The molecule has 0 fully saturated rings. The van der Waals surface area contributed by atoms with E-state index < -0.39 is 17.0 Å². The van der Waals surface area contributed by atoms with Gasteiger partial charge in [0.2, 0.25) is 0 Å². The maximum Gasteiger partial charge on any atom is 0.332 e. The molecule has 0 aliphatic carbocycles. The summed E-state index contributed by atoms with van der Waals surface area (Å²) in [7, 11) is 7.46. The molecule has 0 aliphatic heterocycles. The van der Waals surface area contributed by atoms with Gasteiger partial charge in [0.25, 0.3) is 5.56 Å². The largest absolute Gasteiger partial charge is 0.493 e. The van der Waals surface area contributed by atoms with Gasteiger partial charge in [-0.1, -0.05) is 0 Å². The van der Waals surface area contributed by atoms with Crippen molar-refractivity contribution in [3.63, 3.8) is 0 Å². The number of ether oxygens (including phenoxy) is 2. The van der Waals surface area contributed by atoms with Crippen LogP contribution in [0.1, 0.15) is 10.4 Å². The number of anilines is 2. The second-order valence-electron chi connectivity index (χ2n) is 5.78. The number of benzene rings is 1. The van der Waals surface area contributed by atoms with Crippen LogP contribution in [-0.2, 0) is 14.1 Å². The van der Waals surface area contributed by atoms with E-state index in [-0.39, 0.29) is 17.9 Å². The molecule has 0 aliphatic rings. The Morgan fingerprint density at radius 1 is 1.12 bits per heavy atom. The van der Waals surface area contributed by atoms with Crippen LogP contribution in [0.3, 0.4) is 0 Å². The predicted octanol–water partition coefficient (Wildman–Crippen LogP) is 0.00250. The van der Waals surface area contributed by atoms with Crippen molar-refractivity contribution in [1.29, 1.82) is 0 Å². The van der Waals surface area contributed by atoms with Crippen LogP contribution in [0.15, 0.2) is 27.8 Å². The lowest BCUT2D eigenvalue weighted by molar-refractivity contribution is 0.0998. The molecule has 1 aromatic heterocycles. The lowest BCUT2D eigenvalue weighted by Crippen LogP contribution is -2.43. The van der Waals surface area contributed by atoms with Gasteiger partial charge < -0.3 is 20.1 Å². The molecule has 0 amide bonds. The van der Waals surface area contributed by atoms with Crippen molar-refractivity contribution in [1.82, 2.24) is 9.13 Å². The van der Waals surface area contributed by atoms with Crippen molar-refractivity contribution in [2.75, 3.05) is 38.4 Å². The smallest absolute Gasteiger partial charge is 0.332 e. The molecule has 1 aromatic carbocycles. The highest BCUT2D eigenvalue weighted by atomic mass is 16.5.